The predicted molar refractivity (Wildman–Crippen MR) is 89.5 cm³/mol. The molecule has 0 aromatic heterocycles. The monoisotopic (exact) mass is 300 g/mol. The fourth-order valence-corrected chi connectivity index (χ4v) is 5.13. The van der Waals surface area contributed by atoms with Gasteiger partial charge in [0.15, 0.2) is 5.76 Å². The molecule has 0 unspecified atom stereocenters. The third-order valence-corrected chi connectivity index (χ3v) is 6.31. The number of carbonyl (C=O) groups excluding carboxylic acids is 1. The smallest absolute Gasteiger partial charge is 0.223 e. The van der Waals surface area contributed by atoms with Gasteiger partial charge in [-0.25, -0.2) is 0 Å². The summed E-state index contributed by atoms with van der Waals surface area (Å²) in [6.07, 6.45) is 8.79. The number of ketones is 1. The van der Waals surface area contributed by atoms with Gasteiger partial charge in [-0.05, 0) is 48.2 Å². The molecular formula is C20H28O2. The van der Waals surface area contributed by atoms with Crippen LogP contribution in [-0.4, -0.2) is 10.9 Å². The molecule has 3 aliphatic rings. The first-order chi connectivity index (χ1) is 10.2. The highest BCUT2D eigenvalue weighted by atomic mass is 16.3. The second kappa shape index (κ2) is 4.84. The minimum atomic E-state index is -0.160. The van der Waals surface area contributed by atoms with Crippen molar-refractivity contribution in [1.29, 1.82) is 0 Å². The molecule has 22 heavy (non-hydrogen) atoms. The molecule has 0 aliphatic heterocycles. The first-order valence-electron chi connectivity index (χ1n) is 8.59. The number of aliphatic hydroxyl groups is 1. The summed E-state index contributed by atoms with van der Waals surface area (Å²) in [6, 6.07) is 0. The van der Waals surface area contributed by atoms with Gasteiger partial charge in [0.05, 0.1) is 0 Å². The summed E-state index contributed by atoms with van der Waals surface area (Å²) in [7, 11) is 0. The van der Waals surface area contributed by atoms with Crippen molar-refractivity contribution in [2.75, 3.05) is 0 Å². The van der Waals surface area contributed by atoms with E-state index in [4.69, 9.17) is 0 Å². The van der Waals surface area contributed by atoms with Crippen molar-refractivity contribution in [3.8, 4) is 0 Å². The molecule has 2 atom stereocenters. The van der Waals surface area contributed by atoms with E-state index < -0.39 is 0 Å². The van der Waals surface area contributed by atoms with Gasteiger partial charge in [0.2, 0.25) is 5.78 Å². The van der Waals surface area contributed by atoms with E-state index in [2.05, 4.69) is 26.8 Å². The van der Waals surface area contributed by atoms with Gasteiger partial charge in [-0.3, -0.25) is 4.79 Å². The summed E-state index contributed by atoms with van der Waals surface area (Å²) in [4.78, 5) is 12.6. The number of carbonyl (C=O) groups is 1. The van der Waals surface area contributed by atoms with Crippen molar-refractivity contribution in [3.05, 3.63) is 34.6 Å². The normalized spacial score (nSPS) is 34.1. The summed E-state index contributed by atoms with van der Waals surface area (Å²) in [5.74, 6) is 0.497. The van der Waals surface area contributed by atoms with Crippen molar-refractivity contribution in [2.24, 2.45) is 22.7 Å². The molecule has 0 aromatic carbocycles. The molecule has 0 bridgehead atoms. The Morgan fingerprint density at radius 2 is 1.91 bits per heavy atom. The van der Waals surface area contributed by atoms with Gasteiger partial charge in [-0.2, -0.15) is 0 Å². The Balaban J connectivity index is 2.16. The molecule has 1 fully saturated rings. The third kappa shape index (κ3) is 2.03. The van der Waals surface area contributed by atoms with E-state index in [9.17, 15) is 9.90 Å². The van der Waals surface area contributed by atoms with Crippen molar-refractivity contribution in [1.82, 2.24) is 0 Å². The fraction of sp³-hybridized carbons (Fsp3) is 0.650. The summed E-state index contributed by atoms with van der Waals surface area (Å²) in [6.45, 7) is 11.0. The highest BCUT2D eigenvalue weighted by Gasteiger charge is 2.52. The molecule has 2 heteroatoms. The van der Waals surface area contributed by atoms with Crippen LogP contribution in [0, 0.1) is 22.7 Å². The zero-order valence-corrected chi connectivity index (χ0v) is 14.5. The standard InChI is InChI=1S/C20H28O2/c1-12(2)14-11-13-7-8-15-19(3,4)9-6-10-20(15,5)16(13)18(22)17(14)21/h7,11-12,15,22H,6,8-10H2,1-5H3/t15-,20-/m0/s1. The van der Waals surface area contributed by atoms with Crippen LogP contribution < -0.4 is 0 Å². The number of allylic oxidation sites excluding steroid dienone is 5. The Morgan fingerprint density at radius 1 is 1.23 bits per heavy atom. The molecule has 0 saturated heterocycles. The van der Waals surface area contributed by atoms with Crippen molar-refractivity contribution >= 4 is 5.78 Å². The number of hydrogen-bond donors (Lipinski definition) is 1. The number of fused-ring (bicyclic) bond motifs is 3. The van der Waals surface area contributed by atoms with Crippen LogP contribution in [0.5, 0.6) is 0 Å². The maximum Gasteiger partial charge on any atom is 0.223 e. The molecule has 1 N–H and O–H groups in total. The zero-order chi connectivity index (χ0) is 16.3. The van der Waals surface area contributed by atoms with Crippen LogP contribution in [-0.2, 0) is 4.79 Å². The Hall–Kier alpha value is -1.31. The van der Waals surface area contributed by atoms with Crippen LogP contribution in [0.25, 0.3) is 0 Å². The van der Waals surface area contributed by atoms with Crippen molar-refractivity contribution in [3.63, 3.8) is 0 Å². The Kier molecular flexibility index (Phi) is 3.43. The molecule has 1 saturated carbocycles. The van der Waals surface area contributed by atoms with E-state index in [1.807, 2.05) is 19.9 Å². The molecular weight excluding hydrogens is 272 g/mol. The van der Waals surface area contributed by atoms with E-state index in [0.717, 1.165) is 29.6 Å². The van der Waals surface area contributed by atoms with E-state index in [1.54, 1.807) is 0 Å². The highest BCUT2D eigenvalue weighted by Crippen LogP contribution is 2.60. The van der Waals surface area contributed by atoms with Crippen molar-refractivity contribution in [2.45, 2.75) is 60.3 Å². The maximum absolute atomic E-state index is 12.6. The topological polar surface area (TPSA) is 37.3 Å². The van der Waals surface area contributed by atoms with Gasteiger partial charge in [0.25, 0.3) is 0 Å². The van der Waals surface area contributed by atoms with Gasteiger partial charge in [-0.15, -0.1) is 0 Å². The number of aliphatic hydroxyl groups excluding tert-OH is 1. The van der Waals surface area contributed by atoms with Gasteiger partial charge in [0.1, 0.15) is 0 Å². The van der Waals surface area contributed by atoms with Gasteiger partial charge in [0, 0.05) is 16.6 Å². The Bertz CT molecular complexity index is 616. The lowest BCUT2D eigenvalue weighted by molar-refractivity contribution is -0.115. The average molecular weight is 300 g/mol. The molecule has 0 heterocycles. The molecule has 0 radical (unpaired) electrons. The summed E-state index contributed by atoms with van der Waals surface area (Å²) in [5, 5.41) is 10.7. The van der Waals surface area contributed by atoms with Gasteiger partial charge < -0.3 is 5.11 Å². The zero-order valence-electron chi connectivity index (χ0n) is 14.5. The second-order valence-corrected chi connectivity index (χ2v) is 8.51. The Labute approximate surface area is 134 Å². The largest absolute Gasteiger partial charge is 0.504 e. The number of rotatable bonds is 1. The van der Waals surface area contributed by atoms with Gasteiger partial charge >= 0.3 is 0 Å². The minimum Gasteiger partial charge on any atom is -0.504 e. The van der Waals surface area contributed by atoms with Crippen LogP contribution >= 0.6 is 0 Å². The maximum atomic E-state index is 12.6. The van der Waals surface area contributed by atoms with E-state index in [1.165, 1.54) is 12.8 Å². The second-order valence-electron chi connectivity index (χ2n) is 8.51. The molecule has 120 valence electrons. The molecule has 0 aromatic rings. The van der Waals surface area contributed by atoms with Crippen LogP contribution in [0.1, 0.15) is 60.3 Å². The minimum absolute atomic E-state index is 0.0161. The molecule has 3 rings (SSSR count). The van der Waals surface area contributed by atoms with E-state index in [0.29, 0.717) is 5.92 Å². The van der Waals surface area contributed by atoms with Crippen LogP contribution in [0.4, 0.5) is 0 Å². The van der Waals surface area contributed by atoms with Crippen LogP contribution in [0.3, 0.4) is 0 Å². The van der Waals surface area contributed by atoms with Crippen LogP contribution in [0.15, 0.2) is 34.6 Å². The Morgan fingerprint density at radius 3 is 2.55 bits per heavy atom. The lowest BCUT2D eigenvalue weighted by Crippen LogP contribution is -2.46. The fourth-order valence-electron chi connectivity index (χ4n) is 5.13. The first kappa shape index (κ1) is 15.6. The van der Waals surface area contributed by atoms with Gasteiger partial charge in [-0.1, -0.05) is 47.1 Å². The molecule has 3 aliphatic carbocycles. The molecule has 2 nitrogen and oxygen atoms in total. The number of Topliss-reactive ketones (excluding diaryl/α,β-unsaturated/α-hetero) is 1. The van der Waals surface area contributed by atoms with Crippen molar-refractivity contribution < 1.29 is 9.90 Å². The molecule has 0 spiro atoms. The van der Waals surface area contributed by atoms with E-state index in [-0.39, 0.29) is 28.3 Å². The molecule has 0 amide bonds. The average Bonchev–Trinajstić information content (AvgIpc) is 2.40. The number of hydrogen-bond acceptors (Lipinski definition) is 2. The highest BCUT2D eigenvalue weighted by molar-refractivity contribution is 6.10. The van der Waals surface area contributed by atoms with E-state index >= 15 is 0 Å². The summed E-state index contributed by atoms with van der Waals surface area (Å²) >= 11 is 0. The summed E-state index contributed by atoms with van der Waals surface area (Å²) in [5.41, 5.74) is 2.94. The predicted octanol–water partition coefficient (Wildman–Crippen LogP) is 5.13. The summed E-state index contributed by atoms with van der Waals surface area (Å²) < 4.78 is 0. The lowest BCUT2D eigenvalue weighted by Gasteiger charge is -2.54. The first-order valence-corrected chi connectivity index (χ1v) is 8.59. The lowest BCUT2D eigenvalue weighted by atomic mass is 9.49. The third-order valence-electron chi connectivity index (χ3n) is 6.31. The SMILES string of the molecule is CC(C)C1=CC2=CC[C@H]3C(C)(C)CCC[C@]3(C)C2=C(O)C1=O. The quantitative estimate of drug-likeness (QED) is 0.729. The van der Waals surface area contributed by atoms with Crippen LogP contribution in [0.2, 0.25) is 0 Å².